The minimum absolute atomic E-state index is 0.0674. The third kappa shape index (κ3) is 4.22. The molecule has 0 amide bonds. The maximum Gasteiger partial charge on any atom is 0.391 e. The van der Waals surface area contributed by atoms with E-state index in [1.54, 1.807) is 0 Å². The summed E-state index contributed by atoms with van der Waals surface area (Å²) in [5.41, 5.74) is 8.47. The molecule has 0 aromatic heterocycles. The van der Waals surface area contributed by atoms with Gasteiger partial charge in [0.1, 0.15) is 0 Å². The van der Waals surface area contributed by atoms with Crippen molar-refractivity contribution >= 4 is 0 Å². The Morgan fingerprint density at radius 2 is 2.05 bits per heavy atom. The van der Waals surface area contributed by atoms with Gasteiger partial charge in [-0.15, -0.1) is 0 Å². The number of aryl methyl sites for hydroxylation is 1. The van der Waals surface area contributed by atoms with Crippen LogP contribution in [0.5, 0.6) is 0 Å². The predicted octanol–water partition coefficient (Wildman–Crippen LogP) is 5.01. The highest BCUT2D eigenvalue weighted by molar-refractivity contribution is 5.26. The van der Waals surface area contributed by atoms with E-state index in [2.05, 4.69) is 19.1 Å². The van der Waals surface area contributed by atoms with E-state index in [9.17, 15) is 13.2 Å². The molecule has 1 aliphatic rings. The first-order chi connectivity index (χ1) is 9.91. The summed E-state index contributed by atoms with van der Waals surface area (Å²) in [5, 5.41) is 0. The molecule has 3 atom stereocenters. The monoisotopic (exact) mass is 299 g/mol. The van der Waals surface area contributed by atoms with Crippen LogP contribution in [0.3, 0.4) is 0 Å². The molecule has 0 bridgehead atoms. The predicted molar refractivity (Wildman–Crippen MR) is 78.9 cm³/mol. The van der Waals surface area contributed by atoms with Crippen LogP contribution in [0.4, 0.5) is 13.2 Å². The average molecular weight is 299 g/mol. The highest BCUT2D eigenvalue weighted by Gasteiger charge is 2.43. The maximum absolute atomic E-state index is 12.9. The van der Waals surface area contributed by atoms with Gasteiger partial charge in [-0.25, -0.2) is 0 Å². The van der Waals surface area contributed by atoms with Crippen LogP contribution in [0.2, 0.25) is 0 Å². The Morgan fingerprint density at radius 3 is 2.71 bits per heavy atom. The van der Waals surface area contributed by atoms with Crippen molar-refractivity contribution in [2.75, 3.05) is 0 Å². The van der Waals surface area contributed by atoms with Gasteiger partial charge in [0.2, 0.25) is 0 Å². The van der Waals surface area contributed by atoms with E-state index in [0.29, 0.717) is 6.42 Å². The molecule has 1 aromatic rings. The van der Waals surface area contributed by atoms with Crippen LogP contribution >= 0.6 is 0 Å². The van der Waals surface area contributed by atoms with Crippen molar-refractivity contribution in [3.05, 3.63) is 35.4 Å². The van der Waals surface area contributed by atoms with E-state index in [1.807, 2.05) is 12.1 Å². The summed E-state index contributed by atoms with van der Waals surface area (Å²) >= 11 is 0. The van der Waals surface area contributed by atoms with Crippen molar-refractivity contribution < 1.29 is 13.2 Å². The molecule has 21 heavy (non-hydrogen) atoms. The maximum atomic E-state index is 12.9. The summed E-state index contributed by atoms with van der Waals surface area (Å²) in [6, 6.07) is 7.74. The molecule has 3 unspecified atom stereocenters. The largest absolute Gasteiger partial charge is 0.391 e. The molecule has 0 heterocycles. The van der Waals surface area contributed by atoms with Crippen molar-refractivity contribution in [2.45, 2.75) is 57.7 Å². The van der Waals surface area contributed by atoms with E-state index in [1.165, 1.54) is 5.56 Å². The lowest BCUT2D eigenvalue weighted by molar-refractivity contribution is -0.186. The molecule has 0 spiro atoms. The van der Waals surface area contributed by atoms with E-state index < -0.39 is 12.1 Å². The summed E-state index contributed by atoms with van der Waals surface area (Å²) < 4.78 is 38.7. The minimum Gasteiger partial charge on any atom is -0.324 e. The lowest BCUT2D eigenvalue weighted by Gasteiger charge is -2.34. The lowest BCUT2D eigenvalue weighted by atomic mass is 9.76. The molecule has 1 nitrogen and oxygen atoms in total. The van der Waals surface area contributed by atoms with Gasteiger partial charge in [-0.05, 0) is 42.7 Å². The smallest absolute Gasteiger partial charge is 0.324 e. The van der Waals surface area contributed by atoms with E-state index in [4.69, 9.17) is 5.73 Å². The van der Waals surface area contributed by atoms with Crippen LogP contribution in [0.15, 0.2) is 24.3 Å². The zero-order valence-electron chi connectivity index (χ0n) is 12.5. The second kappa shape index (κ2) is 6.82. The van der Waals surface area contributed by atoms with Gasteiger partial charge >= 0.3 is 6.18 Å². The summed E-state index contributed by atoms with van der Waals surface area (Å²) in [5.74, 6) is -1.25. The fraction of sp³-hybridized carbons (Fsp3) is 0.647. The average Bonchev–Trinajstić information content (AvgIpc) is 2.46. The molecule has 2 N–H and O–H groups in total. The molecular weight excluding hydrogens is 275 g/mol. The van der Waals surface area contributed by atoms with Gasteiger partial charge in [-0.1, -0.05) is 44.0 Å². The van der Waals surface area contributed by atoms with Gasteiger partial charge in [0.15, 0.2) is 0 Å². The topological polar surface area (TPSA) is 26.0 Å². The molecule has 1 fully saturated rings. The molecule has 2 rings (SSSR count). The quantitative estimate of drug-likeness (QED) is 0.831. The van der Waals surface area contributed by atoms with Crippen molar-refractivity contribution in [2.24, 2.45) is 17.6 Å². The Morgan fingerprint density at radius 1 is 1.29 bits per heavy atom. The molecule has 1 saturated carbocycles. The standard InChI is InChI=1S/C17H24F3N/c1-2-5-12-6-3-7-13(10-12)16(21)14-8-4-9-15(11-14)17(18,19)20/h3,6-7,10,14-16H,2,4-5,8-9,11,21H2,1H3. The van der Waals surface area contributed by atoms with Gasteiger partial charge in [0, 0.05) is 6.04 Å². The van der Waals surface area contributed by atoms with Gasteiger partial charge in [-0.2, -0.15) is 13.2 Å². The van der Waals surface area contributed by atoms with Gasteiger partial charge in [0.25, 0.3) is 0 Å². The number of hydrogen-bond acceptors (Lipinski definition) is 1. The number of rotatable bonds is 4. The molecule has 0 radical (unpaired) electrons. The fourth-order valence-electron chi connectivity index (χ4n) is 3.37. The highest BCUT2D eigenvalue weighted by atomic mass is 19.4. The minimum atomic E-state index is -4.08. The van der Waals surface area contributed by atoms with Gasteiger partial charge < -0.3 is 5.73 Å². The Labute approximate surface area is 124 Å². The zero-order valence-corrected chi connectivity index (χ0v) is 12.5. The van der Waals surface area contributed by atoms with Crippen molar-refractivity contribution in [3.8, 4) is 0 Å². The molecule has 118 valence electrons. The van der Waals surface area contributed by atoms with Crippen LogP contribution in [-0.2, 0) is 6.42 Å². The second-order valence-electron chi connectivity index (χ2n) is 6.19. The zero-order chi connectivity index (χ0) is 15.5. The molecule has 4 heteroatoms. The van der Waals surface area contributed by atoms with Crippen LogP contribution < -0.4 is 5.73 Å². The second-order valence-corrected chi connectivity index (χ2v) is 6.19. The Bertz CT molecular complexity index is 456. The Balaban J connectivity index is 2.08. The fourth-order valence-corrected chi connectivity index (χ4v) is 3.37. The number of hydrogen-bond donors (Lipinski definition) is 1. The first kappa shape index (κ1) is 16.3. The van der Waals surface area contributed by atoms with Crippen LogP contribution in [0.1, 0.15) is 56.2 Å². The third-order valence-electron chi connectivity index (χ3n) is 4.56. The van der Waals surface area contributed by atoms with Crippen LogP contribution in [0.25, 0.3) is 0 Å². The summed E-state index contributed by atoms with van der Waals surface area (Å²) in [7, 11) is 0. The highest BCUT2D eigenvalue weighted by Crippen LogP contribution is 2.43. The molecule has 1 aliphatic carbocycles. The number of benzene rings is 1. The van der Waals surface area contributed by atoms with Crippen LogP contribution in [0, 0.1) is 11.8 Å². The SMILES string of the molecule is CCCc1cccc(C(N)C2CCCC(C(F)(F)F)C2)c1. The third-order valence-corrected chi connectivity index (χ3v) is 4.56. The normalized spacial score (nSPS) is 24.8. The van der Waals surface area contributed by atoms with Crippen molar-refractivity contribution in [3.63, 3.8) is 0 Å². The molecular formula is C17H24F3N. The van der Waals surface area contributed by atoms with E-state index in [-0.39, 0.29) is 24.8 Å². The summed E-state index contributed by atoms with van der Waals surface area (Å²) in [6.45, 7) is 2.11. The van der Waals surface area contributed by atoms with E-state index >= 15 is 0 Å². The van der Waals surface area contributed by atoms with Gasteiger partial charge in [0.05, 0.1) is 5.92 Å². The molecule has 0 aliphatic heterocycles. The Kier molecular flexibility index (Phi) is 5.31. The number of halogens is 3. The first-order valence-electron chi connectivity index (χ1n) is 7.83. The molecule has 0 saturated heterocycles. The molecule has 1 aromatic carbocycles. The summed E-state index contributed by atoms with van der Waals surface area (Å²) in [4.78, 5) is 0. The lowest BCUT2D eigenvalue weighted by Crippen LogP contribution is -2.33. The van der Waals surface area contributed by atoms with Crippen LogP contribution in [-0.4, -0.2) is 6.18 Å². The van der Waals surface area contributed by atoms with Gasteiger partial charge in [-0.3, -0.25) is 0 Å². The van der Waals surface area contributed by atoms with Crippen molar-refractivity contribution in [1.29, 1.82) is 0 Å². The number of alkyl halides is 3. The Hall–Kier alpha value is -1.03. The first-order valence-corrected chi connectivity index (χ1v) is 7.83. The summed E-state index contributed by atoms with van der Waals surface area (Å²) in [6.07, 6.45) is -0.203. The van der Waals surface area contributed by atoms with E-state index in [0.717, 1.165) is 24.8 Å². The number of nitrogens with two attached hydrogens (primary N) is 1. The van der Waals surface area contributed by atoms with Crippen molar-refractivity contribution in [1.82, 2.24) is 0 Å².